The van der Waals surface area contributed by atoms with Crippen molar-refractivity contribution in [2.45, 2.75) is 147 Å². The zero-order valence-electron chi connectivity index (χ0n) is 74.5. The summed E-state index contributed by atoms with van der Waals surface area (Å²) in [5.41, 5.74) is 10.9. The van der Waals surface area contributed by atoms with Crippen LogP contribution in [0, 0.1) is 130 Å². The first-order valence-electron chi connectivity index (χ1n) is 44.1. The summed E-state index contributed by atoms with van der Waals surface area (Å²) in [4.78, 5) is 72.2. The molecule has 133 heavy (non-hydrogen) atoms. The molecule has 4 saturated heterocycles. The molecule has 0 bridgehead atoms. The summed E-state index contributed by atoms with van der Waals surface area (Å²) < 4.78 is 17.6. The van der Waals surface area contributed by atoms with Gasteiger partial charge in [0.1, 0.15) is 5.75 Å². The molecule has 5 fully saturated rings. The fourth-order valence-corrected chi connectivity index (χ4v) is 22.8. The first-order valence-corrected chi connectivity index (χ1v) is 49.7. The third-order valence-corrected chi connectivity index (χ3v) is 31.4. The average Bonchev–Trinajstić information content (AvgIpc) is 1.58. The summed E-state index contributed by atoms with van der Waals surface area (Å²) >= 11 is 11.5. The van der Waals surface area contributed by atoms with Crippen LogP contribution in [0.4, 0.5) is 0 Å². The van der Waals surface area contributed by atoms with E-state index in [4.69, 9.17) is 36.3 Å². The summed E-state index contributed by atoms with van der Waals surface area (Å²) in [5.74, 6) is -1.32. The molecule has 13 atom stereocenters. The topological polar surface area (TPSA) is 275 Å². The molecule has 0 aromatic heterocycles. The predicted octanol–water partition coefficient (Wildman–Crippen LogP) is 23.8. The van der Waals surface area contributed by atoms with E-state index in [0.717, 1.165) is 70.4 Å². The van der Waals surface area contributed by atoms with Crippen molar-refractivity contribution in [3.63, 3.8) is 0 Å². The molecule has 0 spiro atoms. The van der Waals surface area contributed by atoms with Gasteiger partial charge in [-0.25, -0.2) is 0 Å². The fraction of sp³-hybridized carbons (Fsp3) is 0.349. The van der Waals surface area contributed by atoms with Gasteiger partial charge in [0.05, 0.1) is 30.4 Å². The van der Waals surface area contributed by atoms with Crippen molar-refractivity contribution in [3.05, 3.63) is 291 Å². The molecule has 4 amide bonds. The van der Waals surface area contributed by atoms with E-state index in [-0.39, 0.29) is 85.9 Å². The third-order valence-electron chi connectivity index (χ3n) is 25.5. The van der Waals surface area contributed by atoms with Crippen LogP contribution in [0.1, 0.15) is 157 Å². The van der Waals surface area contributed by atoms with Gasteiger partial charge in [-0.05, 0) is 18.2 Å². The Hall–Kier alpha value is -10.8. The number of nitriles is 7. The summed E-state index contributed by atoms with van der Waals surface area (Å²) in [7, 11) is 18.2. The number of thioether (sulfide) groups is 4. The molecule has 672 valence electrons. The number of nitrogens with zero attached hydrogens (tertiary/aromatic N) is 11. The molecule has 9 aromatic rings. The molecule has 14 rings (SSSR count). The number of methoxy groups -OCH3 is 1. The van der Waals surface area contributed by atoms with E-state index >= 15 is 0 Å². The summed E-state index contributed by atoms with van der Waals surface area (Å²) in [6.07, 6.45) is 6.27. The van der Waals surface area contributed by atoms with Crippen molar-refractivity contribution in [3.8, 4) is 90.7 Å². The predicted molar refractivity (Wildman–Crippen MR) is 537 cm³/mol. The van der Waals surface area contributed by atoms with Crippen LogP contribution >= 0.6 is 93.4 Å². The van der Waals surface area contributed by atoms with E-state index in [1.807, 2.05) is 196 Å². The summed E-state index contributed by atoms with van der Waals surface area (Å²) in [5, 5.41) is 67.4. The zero-order chi connectivity index (χ0) is 94.9. The number of hydrogen-bond donors (Lipinski definition) is 0. The summed E-state index contributed by atoms with van der Waals surface area (Å²) in [6.45, 7) is 12.6. The molecule has 4 heterocycles. The van der Waals surface area contributed by atoms with Gasteiger partial charge in [0.2, 0.25) is 0 Å². The van der Waals surface area contributed by atoms with Crippen LogP contribution in [-0.4, -0.2) is 136 Å². The Morgan fingerprint density at radius 2 is 0.812 bits per heavy atom. The van der Waals surface area contributed by atoms with Gasteiger partial charge in [-0.1, -0.05) is 30.3 Å². The van der Waals surface area contributed by atoms with Crippen LogP contribution in [-0.2, 0) is 24.6 Å². The number of rotatable bonds is 28. The summed E-state index contributed by atoms with van der Waals surface area (Å²) in [6, 6.07) is 89.5. The maximum atomic E-state index is 13.7. The number of para-hydroxylation sites is 1. The van der Waals surface area contributed by atoms with Crippen LogP contribution in [0.5, 0.6) is 17.2 Å². The number of halogens is 1. The Morgan fingerprint density at radius 1 is 0.414 bits per heavy atom. The van der Waals surface area contributed by atoms with Gasteiger partial charge in [-0.15, -0.1) is 0 Å². The molecule has 18 nitrogen and oxygen atoms in total. The molecule has 27 heteroatoms. The van der Waals surface area contributed by atoms with Crippen molar-refractivity contribution < 1.29 is 33.4 Å². The van der Waals surface area contributed by atoms with Crippen LogP contribution in [0.15, 0.2) is 231 Å². The maximum absolute atomic E-state index is 13.7. The van der Waals surface area contributed by atoms with E-state index in [1.165, 1.54) is 58.2 Å². The number of likely N-dealkylation sites (tertiary alicyclic amines) is 4. The monoisotopic (exact) mass is 1930 g/mol. The molecule has 5 aliphatic rings. The Balaban J connectivity index is 0.000000171. The van der Waals surface area contributed by atoms with Crippen molar-refractivity contribution in [1.82, 2.24) is 19.6 Å². The molecule has 13 unspecified atom stereocenters. The third kappa shape index (κ3) is 27.1. The Morgan fingerprint density at radius 3 is 1.23 bits per heavy atom. The number of amides is 4. The SMILES string of the molecule is CC(c1ccccc1)C(SC#P)C(C#N)C(=O)N1CCC(Oc2cccc(C#N)c2)CC1.COc1ccccc1-c1cc(C#N)cc(C2CCN(C(=O)C(C#N)C(SC#P)C(C)c3ccccc3)C2)c1.Cc1cc(C(C)C(SC#P)C(C#N)C(=O)N2CCC(c3ccccc3)C2)ccc1Cl.N#Cc1cccc(OC2CCN(C(=O)C(C#N)C(SC#P)C3(c4ccccc4)CC3)CC2)c1. The van der Waals surface area contributed by atoms with Crippen molar-refractivity contribution in [2.24, 2.45) is 23.7 Å². The zero-order valence-corrected chi connectivity index (χ0v) is 82.1. The molecular formula is C106H100ClN11O7P4S4. The quantitative estimate of drug-likeness (QED) is 0.0412. The van der Waals surface area contributed by atoms with Crippen LogP contribution in [0.3, 0.4) is 0 Å². The van der Waals surface area contributed by atoms with E-state index in [2.05, 4.69) is 127 Å². The number of hydrogen-bond acceptors (Lipinski definition) is 18. The molecular weight excluding hydrogens is 1830 g/mol. The second-order valence-corrected chi connectivity index (χ2v) is 39.9. The van der Waals surface area contributed by atoms with Gasteiger partial charge in [0, 0.05) is 0 Å². The molecule has 0 N–H and O–H groups in total. The molecule has 4 aliphatic heterocycles. The van der Waals surface area contributed by atoms with E-state index < -0.39 is 23.7 Å². The molecule has 1 saturated carbocycles. The van der Waals surface area contributed by atoms with Crippen LogP contribution < -0.4 is 14.2 Å². The molecule has 0 radical (unpaired) electrons. The Kier molecular flexibility index (Phi) is 39.9. The first-order chi connectivity index (χ1) is 64.6. The van der Waals surface area contributed by atoms with Crippen LogP contribution in [0.2, 0.25) is 5.02 Å². The second-order valence-electron chi connectivity index (χ2n) is 33.5. The number of aryl methyl sites for hydroxylation is 1. The van der Waals surface area contributed by atoms with Crippen molar-refractivity contribution in [2.75, 3.05) is 59.5 Å². The van der Waals surface area contributed by atoms with Crippen molar-refractivity contribution in [1.29, 1.82) is 36.8 Å². The first kappa shape index (κ1) is 103. The molecule has 1 aliphatic carbocycles. The van der Waals surface area contributed by atoms with Gasteiger partial charge in [-0.2, -0.15) is 15.8 Å². The normalized spacial score (nSPS) is 17.7. The van der Waals surface area contributed by atoms with Gasteiger partial charge < -0.3 is 4.74 Å². The van der Waals surface area contributed by atoms with Gasteiger partial charge in [-0.3, -0.25) is 0 Å². The van der Waals surface area contributed by atoms with Gasteiger partial charge >= 0.3 is 714 Å². The van der Waals surface area contributed by atoms with E-state index in [0.29, 0.717) is 117 Å². The van der Waals surface area contributed by atoms with Crippen LogP contribution in [0.25, 0.3) is 11.1 Å². The minimum absolute atomic E-state index is 0.0114. The number of carbonyl (C=O) groups excluding carboxylic acids is 4. The number of ether oxygens (including phenoxy) is 3. The minimum atomic E-state index is -0.830. The average molecular weight is 1930 g/mol. The Bertz CT molecular complexity index is 6040. The van der Waals surface area contributed by atoms with Crippen molar-refractivity contribution >= 4 is 117 Å². The fourth-order valence-electron chi connectivity index (χ4n) is 17.9. The van der Waals surface area contributed by atoms with E-state index in [9.17, 15) is 45.5 Å². The van der Waals surface area contributed by atoms with E-state index in [1.54, 1.807) is 58.2 Å². The number of benzene rings is 9. The molecule has 9 aromatic carbocycles. The number of piperidine rings is 2. The number of carbonyl (C=O) groups is 4. The second kappa shape index (κ2) is 51.6. The van der Waals surface area contributed by atoms with Gasteiger partial charge in [0.25, 0.3) is 0 Å². The Labute approximate surface area is 812 Å². The van der Waals surface area contributed by atoms with Gasteiger partial charge in [0.15, 0.2) is 0 Å². The standard InChI is InChI=1S/C31H28N3O2PS.C26H24N3O2PS.C25H24N3O2PS.C24H24ClN2OPS/c1-21(23-8-4-3-5-9-23)30(38-20-37)28(18-33)31(35)34-13-12-24(19-34)25-14-22(17-32)15-26(16-25)27-10-6-7-11-29(27)36-2;27-16-19-5-4-8-22(15-19)31-21-9-13-29(14-10-21)25(30)23(17-28)24(33-18-32)26(11-12-26)20-6-2-1-3-7-20;1-18(20-7-3-2-4-8-20)24(32-17-31)23(16-27)25(29)28-12-10-21(11-13-28)30-22-9-5-6-19(14-22)15-26;1-16-12-19(8-9-22(16)25)17(2)23(30-15-29)21(13-26)24(28)27-11-10-20(14-27)18-6-4-3-5-7-18/h3-11,14-16,21,24,28,30H,12-13,19H2,1-2H3;1-8,15,21,23-24H,9-14H2;2-9,14,18,21,23-24H,10-13H2,1H3;3-9,12,17,20-21,23H,10-11,14H2,1-2H3.